The van der Waals surface area contributed by atoms with Gasteiger partial charge in [-0.1, -0.05) is 66.2 Å². The summed E-state index contributed by atoms with van der Waals surface area (Å²) in [7, 11) is 0. The number of carbonyl (C=O) groups excluding carboxylic acids is 1. The molecule has 0 spiro atoms. The fraction of sp³-hybridized carbons (Fsp3) is 0.833. The van der Waals surface area contributed by atoms with Crippen molar-refractivity contribution in [3.63, 3.8) is 0 Å². The van der Waals surface area contributed by atoms with E-state index in [1.54, 1.807) is 0 Å². The Labute approximate surface area is 196 Å². The summed E-state index contributed by atoms with van der Waals surface area (Å²) >= 11 is 0. The zero-order valence-electron chi connectivity index (χ0n) is 21.7. The van der Waals surface area contributed by atoms with Gasteiger partial charge < -0.3 is 5.11 Å². The molecular formula is C30H46O2. The highest BCUT2D eigenvalue weighted by Gasteiger charge is 2.68. The standard InChI is InChI=1S/C30H46O2/c1-25(2)10-8-11-28(5)23(25)9-12-30(7)24(28)22(32)17-20-21-18-26(3,19-31)13-14-27(21,4)15-16-29(20,30)6/h8,10,17,21,23-24,31H,9,11-16,18-19H2,1-7H3/t21-,23+,24-,26+,27-,28+,29-,30-/m1/s1. The molecule has 0 amide bonds. The molecule has 0 aliphatic heterocycles. The Morgan fingerprint density at radius 3 is 2.34 bits per heavy atom. The van der Waals surface area contributed by atoms with E-state index < -0.39 is 0 Å². The van der Waals surface area contributed by atoms with Crippen molar-refractivity contribution in [1.29, 1.82) is 0 Å². The maximum absolute atomic E-state index is 14.2. The number of hydrogen-bond donors (Lipinski definition) is 1. The Hall–Kier alpha value is -0.890. The predicted octanol–water partition coefficient (Wildman–Crippen LogP) is 7.13. The van der Waals surface area contributed by atoms with E-state index in [9.17, 15) is 9.90 Å². The Kier molecular flexibility index (Phi) is 4.73. The van der Waals surface area contributed by atoms with E-state index in [-0.39, 0.29) is 45.0 Å². The lowest BCUT2D eigenvalue weighted by Gasteiger charge is -2.69. The van der Waals surface area contributed by atoms with Gasteiger partial charge >= 0.3 is 0 Å². The van der Waals surface area contributed by atoms with Gasteiger partial charge in [-0.05, 0) is 102 Å². The van der Waals surface area contributed by atoms with Gasteiger partial charge in [0.2, 0.25) is 0 Å². The van der Waals surface area contributed by atoms with E-state index in [4.69, 9.17) is 0 Å². The molecule has 3 saturated carbocycles. The van der Waals surface area contributed by atoms with Crippen LogP contribution in [0.5, 0.6) is 0 Å². The third-order valence-corrected chi connectivity index (χ3v) is 12.3. The van der Waals surface area contributed by atoms with Gasteiger partial charge in [-0.3, -0.25) is 4.79 Å². The zero-order valence-corrected chi connectivity index (χ0v) is 21.7. The molecule has 5 aliphatic rings. The molecule has 2 heteroatoms. The largest absolute Gasteiger partial charge is 0.396 e. The second-order valence-corrected chi connectivity index (χ2v) is 14.6. The molecule has 0 unspecified atom stereocenters. The maximum Gasteiger partial charge on any atom is 0.159 e. The van der Waals surface area contributed by atoms with Gasteiger partial charge in [0.1, 0.15) is 0 Å². The fourth-order valence-electron chi connectivity index (χ4n) is 10.0. The van der Waals surface area contributed by atoms with Crippen molar-refractivity contribution in [2.24, 2.45) is 50.2 Å². The minimum Gasteiger partial charge on any atom is -0.396 e. The van der Waals surface area contributed by atoms with Gasteiger partial charge in [-0.25, -0.2) is 0 Å². The highest BCUT2D eigenvalue weighted by Crippen LogP contribution is 2.74. The smallest absolute Gasteiger partial charge is 0.159 e. The predicted molar refractivity (Wildman–Crippen MR) is 131 cm³/mol. The maximum atomic E-state index is 14.2. The summed E-state index contributed by atoms with van der Waals surface area (Å²) in [6.07, 6.45) is 16.2. The molecule has 5 aliphatic carbocycles. The second kappa shape index (κ2) is 6.61. The number of fused-ring (bicyclic) bond motifs is 7. The van der Waals surface area contributed by atoms with Crippen LogP contribution in [0.15, 0.2) is 23.8 Å². The molecule has 1 N–H and O–H groups in total. The van der Waals surface area contributed by atoms with Crippen LogP contribution in [0.2, 0.25) is 0 Å². The highest BCUT2D eigenvalue weighted by atomic mass is 16.3. The lowest BCUT2D eigenvalue weighted by molar-refractivity contribution is -0.173. The minimum absolute atomic E-state index is 0.00804. The highest BCUT2D eigenvalue weighted by molar-refractivity contribution is 5.95. The molecule has 0 bridgehead atoms. The topological polar surface area (TPSA) is 37.3 Å². The number of aliphatic hydroxyl groups excluding tert-OH is 1. The van der Waals surface area contributed by atoms with E-state index in [0.29, 0.717) is 17.6 Å². The minimum atomic E-state index is -0.00804. The zero-order chi connectivity index (χ0) is 23.4. The van der Waals surface area contributed by atoms with Crippen molar-refractivity contribution in [2.45, 2.75) is 99.8 Å². The molecule has 8 atom stereocenters. The SMILES string of the molecule is CC1(C)C=CC[C@]2(C)[C@H]3C(=O)C=C4[C@H]5C[C@@](C)(CO)CC[C@]5(C)CC[C@@]4(C)[C@]3(C)CC[C@@H]12. The van der Waals surface area contributed by atoms with Crippen LogP contribution in [-0.4, -0.2) is 17.5 Å². The molecule has 0 aromatic heterocycles. The number of carbonyl (C=O) groups is 1. The van der Waals surface area contributed by atoms with E-state index in [2.05, 4.69) is 66.7 Å². The quantitative estimate of drug-likeness (QED) is 0.442. The van der Waals surface area contributed by atoms with E-state index in [0.717, 1.165) is 25.7 Å². The van der Waals surface area contributed by atoms with Crippen molar-refractivity contribution in [2.75, 3.05) is 6.61 Å². The van der Waals surface area contributed by atoms with Gasteiger partial charge in [0.25, 0.3) is 0 Å². The number of hydrogen-bond acceptors (Lipinski definition) is 2. The Morgan fingerprint density at radius 1 is 0.969 bits per heavy atom. The fourth-order valence-corrected chi connectivity index (χ4v) is 10.0. The summed E-state index contributed by atoms with van der Waals surface area (Å²) < 4.78 is 0. The summed E-state index contributed by atoms with van der Waals surface area (Å²) in [6, 6.07) is 0. The summed E-state index contributed by atoms with van der Waals surface area (Å²) in [5.41, 5.74) is 2.04. The van der Waals surface area contributed by atoms with Gasteiger partial charge in [0, 0.05) is 12.5 Å². The number of allylic oxidation sites excluding steroid dienone is 4. The number of ketones is 1. The van der Waals surface area contributed by atoms with Crippen molar-refractivity contribution < 1.29 is 9.90 Å². The van der Waals surface area contributed by atoms with Crippen LogP contribution >= 0.6 is 0 Å². The Bertz CT molecular complexity index is 897. The first kappa shape index (κ1) is 22.9. The van der Waals surface area contributed by atoms with Crippen LogP contribution in [0.1, 0.15) is 99.8 Å². The first-order valence-corrected chi connectivity index (χ1v) is 13.3. The van der Waals surface area contributed by atoms with Crippen molar-refractivity contribution in [3.8, 4) is 0 Å². The van der Waals surface area contributed by atoms with Crippen LogP contribution in [0.4, 0.5) is 0 Å². The van der Waals surface area contributed by atoms with Crippen molar-refractivity contribution in [1.82, 2.24) is 0 Å². The average molecular weight is 439 g/mol. The molecule has 2 nitrogen and oxygen atoms in total. The summed E-state index contributed by atoms with van der Waals surface area (Å²) in [5, 5.41) is 10.2. The molecule has 5 rings (SSSR count). The summed E-state index contributed by atoms with van der Waals surface area (Å²) in [6.45, 7) is 17.2. The summed E-state index contributed by atoms with van der Waals surface area (Å²) in [5.74, 6) is 1.53. The van der Waals surface area contributed by atoms with Crippen LogP contribution in [0, 0.1) is 50.2 Å². The van der Waals surface area contributed by atoms with E-state index in [1.165, 1.54) is 31.3 Å². The van der Waals surface area contributed by atoms with Gasteiger partial charge in [-0.2, -0.15) is 0 Å². The van der Waals surface area contributed by atoms with Gasteiger partial charge in [-0.15, -0.1) is 0 Å². The van der Waals surface area contributed by atoms with Crippen LogP contribution in [-0.2, 0) is 4.79 Å². The third-order valence-electron chi connectivity index (χ3n) is 12.3. The van der Waals surface area contributed by atoms with Crippen molar-refractivity contribution >= 4 is 5.78 Å². The van der Waals surface area contributed by atoms with Crippen LogP contribution < -0.4 is 0 Å². The van der Waals surface area contributed by atoms with Gasteiger partial charge in [0.05, 0.1) is 0 Å². The molecule has 0 aromatic rings. The monoisotopic (exact) mass is 438 g/mol. The first-order chi connectivity index (χ1) is 14.7. The lowest BCUT2D eigenvalue weighted by Crippen LogP contribution is -2.64. The van der Waals surface area contributed by atoms with E-state index >= 15 is 0 Å². The molecule has 178 valence electrons. The lowest BCUT2D eigenvalue weighted by atomic mass is 9.34. The molecule has 3 fully saturated rings. The van der Waals surface area contributed by atoms with Gasteiger partial charge in [0.15, 0.2) is 5.78 Å². The second-order valence-electron chi connectivity index (χ2n) is 14.6. The number of rotatable bonds is 1. The normalized spacial score (nSPS) is 54.1. The molecule has 0 saturated heterocycles. The van der Waals surface area contributed by atoms with Crippen molar-refractivity contribution in [3.05, 3.63) is 23.8 Å². The first-order valence-electron chi connectivity index (χ1n) is 13.3. The van der Waals surface area contributed by atoms with Crippen LogP contribution in [0.3, 0.4) is 0 Å². The molecular weight excluding hydrogens is 392 g/mol. The molecule has 0 radical (unpaired) electrons. The Balaban J connectivity index is 1.63. The molecule has 0 aromatic carbocycles. The molecule has 0 heterocycles. The summed E-state index contributed by atoms with van der Waals surface area (Å²) in [4.78, 5) is 14.2. The number of aliphatic hydroxyl groups is 1. The Morgan fingerprint density at radius 2 is 1.66 bits per heavy atom. The molecule has 32 heavy (non-hydrogen) atoms. The third kappa shape index (κ3) is 2.71. The van der Waals surface area contributed by atoms with Crippen LogP contribution in [0.25, 0.3) is 0 Å². The van der Waals surface area contributed by atoms with E-state index in [1.807, 2.05) is 0 Å². The average Bonchev–Trinajstić information content (AvgIpc) is 2.70.